The first-order valence-electron chi connectivity index (χ1n) is 7.39. The molecule has 21 heavy (non-hydrogen) atoms. The lowest BCUT2D eigenvalue weighted by Gasteiger charge is -2.27. The molecule has 0 radical (unpaired) electrons. The molecule has 0 bridgehead atoms. The highest BCUT2D eigenvalue weighted by atomic mass is 19.1. The molecule has 1 aliphatic rings. The standard InChI is InChI=1S/C16H22F2N2O/c1-4-19-14-11(17)8-10(9-12(14)18)15(21)20-13-6-5-7-16(13,2)3/h8-9,13,19H,4-7H2,1-3H3,(H,20,21). The molecule has 116 valence electrons. The maximum Gasteiger partial charge on any atom is 0.251 e. The van der Waals surface area contributed by atoms with Crippen molar-refractivity contribution in [1.82, 2.24) is 5.32 Å². The quantitative estimate of drug-likeness (QED) is 0.889. The zero-order valence-electron chi connectivity index (χ0n) is 12.7. The van der Waals surface area contributed by atoms with Crippen molar-refractivity contribution in [3.05, 3.63) is 29.3 Å². The third kappa shape index (κ3) is 3.34. The maximum atomic E-state index is 13.8. The highest BCUT2D eigenvalue weighted by Gasteiger charge is 2.35. The van der Waals surface area contributed by atoms with Gasteiger partial charge < -0.3 is 10.6 Å². The predicted octanol–water partition coefficient (Wildman–Crippen LogP) is 3.71. The smallest absolute Gasteiger partial charge is 0.251 e. The third-order valence-electron chi connectivity index (χ3n) is 4.22. The van der Waals surface area contributed by atoms with Crippen LogP contribution in [0.15, 0.2) is 12.1 Å². The first-order valence-corrected chi connectivity index (χ1v) is 7.39. The number of carbonyl (C=O) groups is 1. The van der Waals surface area contributed by atoms with Gasteiger partial charge in [-0.05, 0) is 37.3 Å². The van der Waals surface area contributed by atoms with Gasteiger partial charge in [0.05, 0.1) is 0 Å². The summed E-state index contributed by atoms with van der Waals surface area (Å²) < 4.78 is 27.7. The number of rotatable bonds is 4. The lowest BCUT2D eigenvalue weighted by molar-refractivity contribution is 0.0909. The Labute approximate surface area is 124 Å². The molecular weight excluding hydrogens is 274 g/mol. The third-order valence-corrected chi connectivity index (χ3v) is 4.22. The van der Waals surface area contributed by atoms with Gasteiger partial charge in [0.1, 0.15) is 17.3 Å². The molecule has 0 heterocycles. The minimum atomic E-state index is -0.743. The minimum absolute atomic E-state index is 0.0225. The first kappa shape index (κ1) is 15.7. The van der Waals surface area contributed by atoms with Gasteiger partial charge in [-0.25, -0.2) is 8.78 Å². The van der Waals surface area contributed by atoms with Gasteiger partial charge in [-0.1, -0.05) is 20.3 Å². The van der Waals surface area contributed by atoms with Gasteiger partial charge in [0.2, 0.25) is 0 Å². The number of benzene rings is 1. The Morgan fingerprint density at radius 1 is 1.33 bits per heavy atom. The Kier molecular flexibility index (Phi) is 4.49. The molecule has 0 saturated heterocycles. The van der Waals surface area contributed by atoms with Crippen molar-refractivity contribution in [2.24, 2.45) is 5.41 Å². The number of hydrogen-bond donors (Lipinski definition) is 2. The van der Waals surface area contributed by atoms with Gasteiger partial charge in [0.15, 0.2) is 0 Å². The molecule has 2 N–H and O–H groups in total. The Balaban J connectivity index is 2.16. The molecule has 3 nitrogen and oxygen atoms in total. The van der Waals surface area contributed by atoms with Gasteiger partial charge in [0, 0.05) is 18.2 Å². The molecule has 0 aliphatic heterocycles. The summed E-state index contributed by atoms with van der Waals surface area (Å²) in [6.45, 7) is 6.36. The summed E-state index contributed by atoms with van der Waals surface area (Å²) in [5.74, 6) is -1.91. The first-order chi connectivity index (χ1) is 9.85. The van der Waals surface area contributed by atoms with Crippen LogP contribution in [0.2, 0.25) is 0 Å². The van der Waals surface area contributed by atoms with Crippen LogP contribution in [0, 0.1) is 17.0 Å². The van der Waals surface area contributed by atoms with Gasteiger partial charge in [0.25, 0.3) is 5.91 Å². The van der Waals surface area contributed by atoms with Gasteiger partial charge in [-0.2, -0.15) is 0 Å². The molecule has 0 spiro atoms. The van der Waals surface area contributed by atoms with Crippen LogP contribution in [0.4, 0.5) is 14.5 Å². The van der Waals surface area contributed by atoms with Crippen LogP contribution in [0.25, 0.3) is 0 Å². The predicted molar refractivity (Wildman–Crippen MR) is 79.4 cm³/mol. The van der Waals surface area contributed by atoms with Crippen LogP contribution in [0.1, 0.15) is 50.4 Å². The van der Waals surface area contributed by atoms with Gasteiger partial charge in [-0.15, -0.1) is 0 Å². The SMILES string of the molecule is CCNc1c(F)cc(C(=O)NC2CCCC2(C)C)cc1F. The molecule has 2 rings (SSSR count). The molecule has 1 fully saturated rings. The van der Waals surface area contributed by atoms with Crippen molar-refractivity contribution < 1.29 is 13.6 Å². The van der Waals surface area contributed by atoms with Crippen LogP contribution in [-0.4, -0.2) is 18.5 Å². The molecule has 1 aliphatic carbocycles. The summed E-state index contributed by atoms with van der Waals surface area (Å²) in [6.07, 6.45) is 3.00. The van der Waals surface area contributed by atoms with E-state index in [1.807, 2.05) is 0 Å². The topological polar surface area (TPSA) is 41.1 Å². The van der Waals surface area contributed by atoms with Crippen LogP contribution in [0.5, 0.6) is 0 Å². The van der Waals surface area contributed by atoms with E-state index in [9.17, 15) is 13.6 Å². The fourth-order valence-electron chi connectivity index (χ4n) is 2.89. The summed E-state index contributed by atoms with van der Waals surface area (Å²) >= 11 is 0. The van der Waals surface area contributed by atoms with E-state index < -0.39 is 17.5 Å². The molecule has 0 aromatic heterocycles. The number of nitrogens with one attached hydrogen (secondary N) is 2. The molecular formula is C16H22F2N2O. The summed E-state index contributed by atoms with van der Waals surface area (Å²) in [6, 6.07) is 2.21. The van der Waals surface area contributed by atoms with Crippen LogP contribution in [-0.2, 0) is 0 Å². The van der Waals surface area contributed by atoms with Crippen molar-refractivity contribution in [2.75, 3.05) is 11.9 Å². The van der Waals surface area contributed by atoms with Crippen molar-refractivity contribution in [3.8, 4) is 0 Å². The molecule has 5 heteroatoms. The average Bonchev–Trinajstić information content (AvgIpc) is 2.73. The van der Waals surface area contributed by atoms with E-state index in [2.05, 4.69) is 24.5 Å². The second-order valence-corrected chi connectivity index (χ2v) is 6.25. The molecule has 1 saturated carbocycles. The van der Waals surface area contributed by atoms with E-state index in [0.29, 0.717) is 6.54 Å². The normalized spacial score (nSPS) is 20.3. The van der Waals surface area contributed by atoms with Crippen LogP contribution < -0.4 is 10.6 Å². The fraction of sp³-hybridized carbons (Fsp3) is 0.562. The molecule has 1 aromatic rings. The monoisotopic (exact) mass is 296 g/mol. The molecule has 1 unspecified atom stereocenters. The van der Waals surface area contributed by atoms with Gasteiger partial charge >= 0.3 is 0 Å². The number of halogens is 2. The summed E-state index contributed by atoms with van der Waals surface area (Å²) in [4.78, 5) is 12.2. The van der Waals surface area contributed by atoms with E-state index in [1.165, 1.54) is 0 Å². The summed E-state index contributed by atoms with van der Waals surface area (Å²) in [5, 5.41) is 5.51. The highest BCUT2D eigenvalue weighted by molar-refractivity contribution is 5.95. The number of hydrogen-bond acceptors (Lipinski definition) is 2. The van der Waals surface area contributed by atoms with Crippen molar-refractivity contribution in [2.45, 2.75) is 46.1 Å². The van der Waals surface area contributed by atoms with Crippen LogP contribution in [0.3, 0.4) is 0 Å². The summed E-state index contributed by atoms with van der Waals surface area (Å²) in [5.41, 5.74) is -0.138. The van der Waals surface area contributed by atoms with E-state index in [4.69, 9.17) is 0 Å². The van der Waals surface area contributed by atoms with E-state index in [0.717, 1.165) is 31.4 Å². The molecule has 1 aromatic carbocycles. The molecule has 1 atom stereocenters. The van der Waals surface area contributed by atoms with E-state index in [1.54, 1.807) is 6.92 Å². The Morgan fingerprint density at radius 2 is 1.95 bits per heavy atom. The lowest BCUT2D eigenvalue weighted by atomic mass is 9.87. The fourth-order valence-corrected chi connectivity index (χ4v) is 2.89. The largest absolute Gasteiger partial charge is 0.381 e. The van der Waals surface area contributed by atoms with Crippen molar-refractivity contribution in [3.63, 3.8) is 0 Å². The second-order valence-electron chi connectivity index (χ2n) is 6.25. The van der Waals surface area contributed by atoms with Gasteiger partial charge in [-0.3, -0.25) is 4.79 Å². The Morgan fingerprint density at radius 3 is 2.43 bits per heavy atom. The zero-order chi connectivity index (χ0) is 15.6. The second kappa shape index (κ2) is 6.00. The van der Waals surface area contributed by atoms with Crippen LogP contribution >= 0.6 is 0 Å². The Hall–Kier alpha value is -1.65. The average molecular weight is 296 g/mol. The van der Waals surface area contributed by atoms with Crippen molar-refractivity contribution in [1.29, 1.82) is 0 Å². The minimum Gasteiger partial charge on any atom is -0.381 e. The number of amides is 1. The summed E-state index contributed by atoms with van der Waals surface area (Å²) in [7, 11) is 0. The van der Waals surface area contributed by atoms with E-state index >= 15 is 0 Å². The lowest BCUT2D eigenvalue weighted by Crippen LogP contribution is -2.41. The van der Waals surface area contributed by atoms with Crippen molar-refractivity contribution >= 4 is 11.6 Å². The zero-order valence-corrected chi connectivity index (χ0v) is 12.7. The Bertz CT molecular complexity index is 520. The number of carbonyl (C=O) groups excluding carboxylic acids is 1. The highest BCUT2D eigenvalue weighted by Crippen LogP contribution is 2.37. The van der Waals surface area contributed by atoms with E-state index in [-0.39, 0.29) is 22.7 Å². The maximum absolute atomic E-state index is 13.8. The molecule has 1 amide bonds. The number of anilines is 1.